The van der Waals surface area contributed by atoms with Crippen LogP contribution in [0.2, 0.25) is 5.02 Å². The molecule has 228 valence electrons. The second kappa shape index (κ2) is 12.9. The van der Waals surface area contributed by atoms with Crippen LogP contribution in [-0.2, 0) is 14.9 Å². The summed E-state index contributed by atoms with van der Waals surface area (Å²) in [5.74, 6) is -1.09. The minimum absolute atomic E-state index is 0.140. The molecule has 0 atom stereocenters. The lowest BCUT2D eigenvalue weighted by Crippen LogP contribution is -2.38. The van der Waals surface area contributed by atoms with Crippen LogP contribution >= 0.6 is 11.6 Å². The molecule has 3 aromatic rings. The SMILES string of the molecule is COc1c(NC(=O)C(=O)c2ccc(OCCN3CCOCC3)c3ccc(Cl)cc23)cc(C(C)(C)C)cc1C(=O)NC1CC1. The highest BCUT2D eigenvalue weighted by atomic mass is 35.5. The maximum atomic E-state index is 13.6. The number of ketones is 1. The number of hydrogen-bond donors (Lipinski definition) is 2. The molecular weight excluding hydrogens is 570 g/mol. The number of ether oxygens (including phenoxy) is 3. The van der Waals surface area contributed by atoms with E-state index in [0.29, 0.717) is 46.9 Å². The van der Waals surface area contributed by atoms with Crippen molar-refractivity contribution in [2.45, 2.75) is 45.1 Å². The Morgan fingerprint density at radius 1 is 1.00 bits per heavy atom. The van der Waals surface area contributed by atoms with Gasteiger partial charge in [0.05, 0.1) is 31.6 Å². The highest BCUT2D eigenvalue weighted by Crippen LogP contribution is 2.37. The first-order chi connectivity index (χ1) is 20.5. The smallest absolute Gasteiger partial charge is 0.296 e. The molecule has 5 rings (SSSR count). The molecule has 2 N–H and O–H groups in total. The van der Waals surface area contributed by atoms with Crippen molar-refractivity contribution >= 4 is 45.7 Å². The minimum atomic E-state index is -0.861. The first kappa shape index (κ1) is 30.8. The molecule has 43 heavy (non-hydrogen) atoms. The third kappa shape index (κ3) is 7.29. The Balaban J connectivity index is 1.41. The summed E-state index contributed by atoms with van der Waals surface area (Å²) in [6, 6.07) is 12.1. The lowest BCUT2D eigenvalue weighted by atomic mass is 9.85. The third-order valence-electron chi connectivity index (χ3n) is 7.72. The molecule has 10 heteroatoms. The largest absolute Gasteiger partial charge is 0.494 e. The first-order valence-electron chi connectivity index (χ1n) is 14.6. The second-order valence-corrected chi connectivity index (χ2v) is 12.4. The molecule has 2 amide bonds. The molecule has 9 nitrogen and oxygen atoms in total. The average molecular weight is 608 g/mol. The van der Waals surface area contributed by atoms with Crippen LogP contribution in [0.15, 0.2) is 42.5 Å². The van der Waals surface area contributed by atoms with Crippen LogP contribution in [0, 0.1) is 0 Å². The number of halogens is 1. The summed E-state index contributed by atoms with van der Waals surface area (Å²) in [4.78, 5) is 42.5. The summed E-state index contributed by atoms with van der Waals surface area (Å²) >= 11 is 6.32. The van der Waals surface area contributed by atoms with Crippen molar-refractivity contribution in [2.24, 2.45) is 0 Å². The molecule has 0 radical (unpaired) electrons. The number of carbonyl (C=O) groups excluding carboxylic acids is 3. The number of nitrogens with zero attached hydrogens (tertiary/aromatic N) is 1. The molecule has 1 saturated carbocycles. The Morgan fingerprint density at radius 2 is 1.74 bits per heavy atom. The van der Waals surface area contributed by atoms with Gasteiger partial charge in [0.1, 0.15) is 12.4 Å². The Morgan fingerprint density at radius 3 is 2.42 bits per heavy atom. The Hall–Kier alpha value is -3.66. The maximum Gasteiger partial charge on any atom is 0.296 e. The van der Waals surface area contributed by atoms with E-state index < -0.39 is 11.7 Å². The van der Waals surface area contributed by atoms with E-state index in [1.165, 1.54) is 7.11 Å². The molecule has 1 saturated heterocycles. The van der Waals surface area contributed by atoms with Gasteiger partial charge in [0, 0.05) is 41.6 Å². The van der Waals surface area contributed by atoms with E-state index in [1.807, 2.05) is 20.8 Å². The number of morpholine rings is 1. The number of fused-ring (bicyclic) bond motifs is 1. The summed E-state index contributed by atoms with van der Waals surface area (Å²) in [7, 11) is 1.44. The zero-order valence-corrected chi connectivity index (χ0v) is 25.8. The van der Waals surface area contributed by atoms with Crippen LogP contribution in [0.25, 0.3) is 10.8 Å². The number of rotatable bonds is 10. The number of anilines is 1. The molecule has 1 heterocycles. The molecule has 1 aliphatic heterocycles. The predicted molar refractivity (Wildman–Crippen MR) is 167 cm³/mol. The quantitative estimate of drug-likeness (QED) is 0.240. The van der Waals surface area contributed by atoms with Gasteiger partial charge in [0.2, 0.25) is 0 Å². The summed E-state index contributed by atoms with van der Waals surface area (Å²) in [5.41, 5.74) is 1.22. The molecular formula is C33H38ClN3O6. The number of methoxy groups -OCH3 is 1. The van der Waals surface area contributed by atoms with Crippen LogP contribution in [0.1, 0.15) is 59.9 Å². The lowest BCUT2D eigenvalue weighted by Gasteiger charge is -2.26. The van der Waals surface area contributed by atoms with Crippen LogP contribution in [0.3, 0.4) is 0 Å². The molecule has 1 aliphatic carbocycles. The summed E-state index contributed by atoms with van der Waals surface area (Å²) < 4.78 is 17.1. The van der Waals surface area contributed by atoms with E-state index in [4.69, 9.17) is 25.8 Å². The van der Waals surface area contributed by atoms with Crippen LogP contribution in [0.4, 0.5) is 5.69 Å². The molecule has 0 spiro atoms. The average Bonchev–Trinajstić information content (AvgIpc) is 3.80. The number of Topliss-reactive ketones (excluding diaryl/α,β-unsaturated/α-hetero) is 1. The fraction of sp³-hybridized carbons (Fsp3) is 0.424. The van der Waals surface area contributed by atoms with E-state index in [0.717, 1.165) is 38.0 Å². The van der Waals surface area contributed by atoms with Gasteiger partial charge in [-0.1, -0.05) is 32.4 Å². The Kier molecular flexibility index (Phi) is 9.25. The van der Waals surface area contributed by atoms with Gasteiger partial charge in [-0.05, 0) is 71.7 Å². The van der Waals surface area contributed by atoms with Crippen molar-refractivity contribution < 1.29 is 28.6 Å². The highest BCUT2D eigenvalue weighted by Gasteiger charge is 2.29. The van der Waals surface area contributed by atoms with Crippen LogP contribution in [-0.4, -0.2) is 75.1 Å². The zero-order chi connectivity index (χ0) is 30.7. The van der Waals surface area contributed by atoms with E-state index in [9.17, 15) is 14.4 Å². The van der Waals surface area contributed by atoms with E-state index in [-0.39, 0.29) is 34.4 Å². The van der Waals surface area contributed by atoms with Crippen molar-refractivity contribution in [1.82, 2.24) is 10.2 Å². The van der Waals surface area contributed by atoms with Gasteiger partial charge in [0.25, 0.3) is 17.6 Å². The van der Waals surface area contributed by atoms with Gasteiger partial charge < -0.3 is 24.8 Å². The Labute approximate surface area is 256 Å². The van der Waals surface area contributed by atoms with E-state index >= 15 is 0 Å². The number of carbonyl (C=O) groups is 3. The van der Waals surface area contributed by atoms with Gasteiger partial charge in [-0.2, -0.15) is 0 Å². The lowest BCUT2D eigenvalue weighted by molar-refractivity contribution is -0.112. The first-order valence-corrected chi connectivity index (χ1v) is 15.0. The van der Waals surface area contributed by atoms with E-state index in [2.05, 4.69) is 15.5 Å². The number of nitrogens with one attached hydrogen (secondary N) is 2. The normalized spacial score (nSPS) is 15.7. The van der Waals surface area contributed by atoms with Crippen LogP contribution < -0.4 is 20.1 Å². The number of hydrogen-bond acceptors (Lipinski definition) is 7. The monoisotopic (exact) mass is 607 g/mol. The Bertz CT molecular complexity index is 1540. The fourth-order valence-corrected chi connectivity index (χ4v) is 5.23. The fourth-order valence-electron chi connectivity index (χ4n) is 5.06. The zero-order valence-electron chi connectivity index (χ0n) is 25.1. The molecule has 2 aliphatic rings. The van der Waals surface area contributed by atoms with Gasteiger partial charge in [-0.25, -0.2) is 0 Å². The van der Waals surface area contributed by atoms with Crippen LogP contribution in [0.5, 0.6) is 11.5 Å². The van der Waals surface area contributed by atoms with Gasteiger partial charge >= 0.3 is 0 Å². The van der Waals surface area contributed by atoms with Gasteiger partial charge in [-0.3, -0.25) is 19.3 Å². The predicted octanol–water partition coefficient (Wildman–Crippen LogP) is 5.22. The van der Waals surface area contributed by atoms with Gasteiger partial charge in [-0.15, -0.1) is 0 Å². The molecule has 0 aromatic heterocycles. The minimum Gasteiger partial charge on any atom is -0.494 e. The van der Waals surface area contributed by atoms with Crippen molar-refractivity contribution in [1.29, 1.82) is 0 Å². The molecule has 0 bridgehead atoms. The summed E-state index contributed by atoms with van der Waals surface area (Å²) in [5, 5.41) is 7.33. The number of benzene rings is 3. The van der Waals surface area contributed by atoms with Crippen molar-refractivity contribution in [2.75, 3.05) is 51.9 Å². The standard InChI is InChI=1S/C33H38ClN3O6/c1-33(2,3)20-17-26(31(39)35-22-6-7-22)30(41-4)27(18-20)36-32(40)29(38)24-9-10-28(23-8-5-21(34)19-25(23)24)43-16-13-37-11-14-42-15-12-37/h5,8-10,17-19,22H,6-7,11-16H2,1-4H3,(H,35,39)(H,36,40). The van der Waals surface area contributed by atoms with Gasteiger partial charge in [0.15, 0.2) is 5.75 Å². The summed E-state index contributed by atoms with van der Waals surface area (Å²) in [6.07, 6.45) is 1.86. The maximum absolute atomic E-state index is 13.6. The van der Waals surface area contributed by atoms with E-state index in [1.54, 1.807) is 42.5 Å². The topological polar surface area (TPSA) is 106 Å². The van der Waals surface area contributed by atoms with Crippen molar-refractivity contribution in [3.8, 4) is 11.5 Å². The summed E-state index contributed by atoms with van der Waals surface area (Å²) in [6.45, 7) is 10.4. The highest BCUT2D eigenvalue weighted by molar-refractivity contribution is 6.48. The number of amides is 2. The molecule has 3 aromatic carbocycles. The van der Waals surface area contributed by atoms with Crippen molar-refractivity contribution in [3.05, 3.63) is 64.2 Å². The third-order valence-corrected chi connectivity index (χ3v) is 7.96. The molecule has 0 unspecified atom stereocenters. The second-order valence-electron chi connectivity index (χ2n) is 12.0. The van der Waals surface area contributed by atoms with Crippen molar-refractivity contribution in [3.63, 3.8) is 0 Å². The molecule has 2 fully saturated rings.